The first-order valence-corrected chi connectivity index (χ1v) is 6.57. The summed E-state index contributed by atoms with van der Waals surface area (Å²) in [6.45, 7) is 1.74. The molecular formula is C10H7BrClN3OS. The third kappa shape index (κ3) is 2.83. The number of carbonyl (C=O) groups is 1. The second-order valence-corrected chi connectivity index (χ2v) is 5.29. The van der Waals surface area contributed by atoms with Crippen molar-refractivity contribution in [2.24, 2.45) is 0 Å². The molecule has 0 saturated carbocycles. The van der Waals surface area contributed by atoms with Crippen molar-refractivity contribution in [2.75, 3.05) is 5.32 Å². The van der Waals surface area contributed by atoms with Crippen molar-refractivity contribution in [3.63, 3.8) is 0 Å². The van der Waals surface area contributed by atoms with Crippen LogP contribution in [0.4, 0.5) is 5.69 Å². The number of aryl methyl sites for hydroxylation is 1. The Morgan fingerprint density at radius 2 is 2.29 bits per heavy atom. The van der Waals surface area contributed by atoms with Crippen LogP contribution in [-0.2, 0) is 0 Å². The molecule has 0 bridgehead atoms. The first-order valence-electron chi connectivity index (χ1n) is 4.63. The van der Waals surface area contributed by atoms with Gasteiger partial charge in [-0.3, -0.25) is 4.79 Å². The van der Waals surface area contributed by atoms with Gasteiger partial charge in [-0.1, -0.05) is 16.1 Å². The van der Waals surface area contributed by atoms with Gasteiger partial charge in [-0.25, -0.2) is 0 Å². The molecule has 1 N–H and O–H groups in total. The van der Waals surface area contributed by atoms with Crippen LogP contribution in [0.15, 0.2) is 22.7 Å². The fourth-order valence-corrected chi connectivity index (χ4v) is 2.18. The Labute approximate surface area is 115 Å². The van der Waals surface area contributed by atoms with Gasteiger partial charge < -0.3 is 5.32 Å². The van der Waals surface area contributed by atoms with Crippen molar-refractivity contribution in [1.29, 1.82) is 0 Å². The third-order valence-electron chi connectivity index (χ3n) is 2.04. The van der Waals surface area contributed by atoms with E-state index in [9.17, 15) is 4.79 Å². The minimum absolute atomic E-state index is 0.226. The Bertz CT molecular complexity index is 572. The van der Waals surface area contributed by atoms with Gasteiger partial charge in [0.2, 0.25) is 0 Å². The molecule has 1 heterocycles. The number of anilines is 1. The zero-order valence-electron chi connectivity index (χ0n) is 8.70. The Hall–Kier alpha value is -0.980. The van der Waals surface area contributed by atoms with Crippen LogP contribution in [0.1, 0.15) is 15.4 Å². The SMILES string of the molecule is Cc1nnsc1C(=O)Nc1ccc(Br)c(Cl)c1. The normalized spacial score (nSPS) is 10.3. The van der Waals surface area contributed by atoms with Gasteiger partial charge >= 0.3 is 0 Å². The van der Waals surface area contributed by atoms with Gasteiger partial charge in [0.15, 0.2) is 0 Å². The molecule has 0 aliphatic rings. The average molecular weight is 333 g/mol. The van der Waals surface area contributed by atoms with E-state index in [0.717, 1.165) is 16.0 Å². The summed E-state index contributed by atoms with van der Waals surface area (Å²) in [5.74, 6) is -0.226. The van der Waals surface area contributed by atoms with Gasteiger partial charge in [0.05, 0.1) is 10.7 Å². The van der Waals surface area contributed by atoms with Gasteiger partial charge in [0, 0.05) is 10.2 Å². The van der Waals surface area contributed by atoms with Crippen molar-refractivity contribution in [3.8, 4) is 0 Å². The monoisotopic (exact) mass is 331 g/mol. The summed E-state index contributed by atoms with van der Waals surface area (Å²) in [6.07, 6.45) is 0. The van der Waals surface area contributed by atoms with Crippen LogP contribution >= 0.6 is 39.1 Å². The fraction of sp³-hybridized carbons (Fsp3) is 0.100. The lowest BCUT2D eigenvalue weighted by Crippen LogP contribution is -2.11. The molecule has 2 rings (SSSR count). The smallest absolute Gasteiger partial charge is 0.269 e. The van der Waals surface area contributed by atoms with E-state index in [4.69, 9.17) is 11.6 Å². The van der Waals surface area contributed by atoms with Crippen LogP contribution in [0.25, 0.3) is 0 Å². The molecule has 1 aromatic carbocycles. The van der Waals surface area contributed by atoms with Gasteiger partial charge in [-0.05, 0) is 52.6 Å². The molecule has 0 aliphatic heterocycles. The van der Waals surface area contributed by atoms with Gasteiger partial charge in [-0.2, -0.15) is 0 Å². The Morgan fingerprint density at radius 3 is 2.88 bits per heavy atom. The molecule has 0 radical (unpaired) electrons. The largest absolute Gasteiger partial charge is 0.321 e. The quantitative estimate of drug-likeness (QED) is 0.915. The highest BCUT2D eigenvalue weighted by Gasteiger charge is 2.13. The predicted octanol–water partition coefficient (Wildman–Crippen LogP) is 3.51. The second-order valence-electron chi connectivity index (χ2n) is 3.27. The van der Waals surface area contributed by atoms with E-state index in [2.05, 4.69) is 30.8 Å². The molecule has 2 aromatic rings. The first kappa shape index (κ1) is 12.5. The lowest BCUT2D eigenvalue weighted by atomic mass is 10.3. The molecule has 7 heteroatoms. The fourth-order valence-electron chi connectivity index (χ4n) is 1.20. The summed E-state index contributed by atoms with van der Waals surface area (Å²) in [5, 5.41) is 7.07. The van der Waals surface area contributed by atoms with Gasteiger partial charge in [0.1, 0.15) is 4.88 Å². The minimum Gasteiger partial charge on any atom is -0.321 e. The van der Waals surface area contributed by atoms with E-state index in [1.807, 2.05) is 0 Å². The molecular weight excluding hydrogens is 326 g/mol. The molecule has 0 fully saturated rings. The Balaban J connectivity index is 2.19. The van der Waals surface area contributed by atoms with Crippen molar-refractivity contribution < 1.29 is 4.79 Å². The van der Waals surface area contributed by atoms with Crippen molar-refractivity contribution >= 4 is 50.7 Å². The maximum absolute atomic E-state index is 11.9. The molecule has 0 atom stereocenters. The number of benzene rings is 1. The van der Waals surface area contributed by atoms with E-state index in [1.165, 1.54) is 0 Å². The maximum atomic E-state index is 11.9. The van der Waals surface area contributed by atoms with E-state index in [-0.39, 0.29) is 5.91 Å². The summed E-state index contributed by atoms with van der Waals surface area (Å²) in [7, 11) is 0. The van der Waals surface area contributed by atoms with Crippen molar-refractivity contribution in [2.45, 2.75) is 6.92 Å². The lowest BCUT2D eigenvalue weighted by Gasteiger charge is -2.04. The molecule has 0 aliphatic carbocycles. The highest BCUT2D eigenvalue weighted by Crippen LogP contribution is 2.26. The number of amides is 1. The molecule has 0 spiro atoms. The van der Waals surface area contributed by atoms with Crippen LogP contribution in [-0.4, -0.2) is 15.5 Å². The molecule has 1 amide bonds. The highest BCUT2D eigenvalue weighted by molar-refractivity contribution is 9.10. The zero-order valence-corrected chi connectivity index (χ0v) is 11.9. The average Bonchev–Trinajstić information content (AvgIpc) is 2.70. The predicted molar refractivity (Wildman–Crippen MR) is 71.8 cm³/mol. The van der Waals surface area contributed by atoms with Crippen LogP contribution in [0.5, 0.6) is 0 Å². The summed E-state index contributed by atoms with van der Waals surface area (Å²) >= 11 is 10.3. The second kappa shape index (κ2) is 5.12. The van der Waals surface area contributed by atoms with Crippen LogP contribution in [0.3, 0.4) is 0 Å². The lowest BCUT2D eigenvalue weighted by molar-refractivity contribution is 0.103. The number of carbonyl (C=O) groups excluding carboxylic acids is 1. The number of nitrogens with one attached hydrogen (secondary N) is 1. The summed E-state index contributed by atoms with van der Waals surface area (Å²) in [4.78, 5) is 12.4. The van der Waals surface area contributed by atoms with Gasteiger partial charge in [-0.15, -0.1) is 5.10 Å². The van der Waals surface area contributed by atoms with Gasteiger partial charge in [0.25, 0.3) is 5.91 Å². The highest BCUT2D eigenvalue weighted by atomic mass is 79.9. The molecule has 0 saturated heterocycles. The number of nitrogens with zero attached hydrogens (tertiary/aromatic N) is 2. The first-order chi connectivity index (χ1) is 8.08. The maximum Gasteiger partial charge on any atom is 0.269 e. The molecule has 88 valence electrons. The Kier molecular flexibility index (Phi) is 3.76. The topological polar surface area (TPSA) is 54.9 Å². The number of aromatic nitrogens is 2. The Morgan fingerprint density at radius 1 is 1.53 bits per heavy atom. The summed E-state index contributed by atoms with van der Waals surface area (Å²) in [6, 6.07) is 5.21. The van der Waals surface area contributed by atoms with E-state index < -0.39 is 0 Å². The number of hydrogen-bond acceptors (Lipinski definition) is 4. The van der Waals surface area contributed by atoms with E-state index in [1.54, 1.807) is 25.1 Å². The molecule has 1 aromatic heterocycles. The zero-order chi connectivity index (χ0) is 12.4. The number of hydrogen-bond donors (Lipinski definition) is 1. The number of halogens is 2. The van der Waals surface area contributed by atoms with Crippen molar-refractivity contribution in [1.82, 2.24) is 9.59 Å². The molecule has 17 heavy (non-hydrogen) atoms. The van der Waals surface area contributed by atoms with E-state index >= 15 is 0 Å². The standard InChI is InChI=1S/C10H7BrClN3OS/c1-5-9(17-15-14-5)10(16)13-6-2-3-7(11)8(12)4-6/h2-4H,1H3,(H,13,16). The molecule has 4 nitrogen and oxygen atoms in total. The third-order valence-corrected chi connectivity index (χ3v) is 4.09. The molecule has 0 unspecified atom stereocenters. The van der Waals surface area contributed by atoms with E-state index in [0.29, 0.717) is 21.3 Å². The van der Waals surface area contributed by atoms with Crippen LogP contribution in [0, 0.1) is 6.92 Å². The number of rotatable bonds is 2. The van der Waals surface area contributed by atoms with Crippen molar-refractivity contribution in [3.05, 3.63) is 38.3 Å². The summed E-state index contributed by atoms with van der Waals surface area (Å²) in [5.41, 5.74) is 1.26. The van der Waals surface area contributed by atoms with Crippen LogP contribution < -0.4 is 5.32 Å². The minimum atomic E-state index is -0.226. The summed E-state index contributed by atoms with van der Waals surface area (Å²) < 4.78 is 4.50. The van der Waals surface area contributed by atoms with Crippen LogP contribution in [0.2, 0.25) is 5.02 Å².